The molecular weight excluding hydrogens is 160 g/mol. The fourth-order valence-corrected chi connectivity index (χ4v) is 0.204. The third-order valence-electron chi connectivity index (χ3n) is 0.408. The standard InChI is InChI=1S/C4H10O.Mo/c1-3-5-4-2;/h3-4H2,1-2H3;/q;+4. The molecule has 34 valence electrons. The van der Waals surface area contributed by atoms with Gasteiger partial charge in [0.15, 0.2) is 0 Å². The molecule has 0 N–H and O–H groups in total. The minimum absolute atomic E-state index is 0. The van der Waals surface area contributed by atoms with Gasteiger partial charge in [-0.1, -0.05) is 0 Å². The molecule has 0 aliphatic rings. The van der Waals surface area contributed by atoms with Gasteiger partial charge >= 0.3 is 21.1 Å². The van der Waals surface area contributed by atoms with Gasteiger partial charge in [0.1, 0.15) is 0 Å². The molecule has 0 bridgehead atoms. The molecule has 0 radical (unpaired) electrons. The molecule has 0 heterocycles. The Morgan fingerprint density at radius 1 is 1.17 bits per heavy atom. The predicted molar refractivity (Wildman–Crippen MR) is 22.2 cm³/mol. The quantitative estimate of drug-likeness (QED) is 0.562. The molecule has 0 aliphatic carbocycles. The first-order chi connectivity index (χ1) is 2.41. The van der Waals surface area contributed by atoms with Gasteiger partial charge in [-0.05, 0) is 13.8 Å². The molecule has 0 rings (SSSR count). The predicted octanol–water partition coefficient (Wildman–Crippen LogP) is 1.04. The molecule has 0 amide bonds. The van der Waals surface area contributed by atoms with Crippen molar-refractivity contribution in [1.29, 1.82) is 0 Å². The van der Waals surface area contributed by atoms with Gasteiger partial charge in [-0.15, -0.1) is 0 Å². The van der Waals surface area contributed by atoms with Gasteiger partial charge in [0, 0.05) is 13.2 Å². The van der Waals surface area contributed by atoms with Crippen molar-refractivity contribution < 1.29 is 25.8 Å². The number of hydrogen-bond donors (Lipinski definition) is 0. The van der Waals surface area contributed by atoms with Gasteiger partial charge in [-0.25, -0.2) is 0 Å². The second-order valence-electron chi connectivity index (χ2n) is 0.781. The zero-order valence-electron chi connectivity index (χ0n) is 4.23. The van der Waals surface area contributed by atoms with Crippen molar-refractivity contribution in [3.8, 4) is 0 Å². The first-order valence-electron chi connectivity index (χ1n) is 1.99. The van der Waals surface area contributed by atoms with Gasteiger partial charge in [0.2, 0.25) is 0 Å². The van der Waals surface area contributed by atoms with Gasteiger partial charge in [0.05, 0.1) is 0 Å². The molecule has 0 aromatic rings. The zero-order valence-corrected chi connectivity index (χ0v) is 6.24. The number of rotatable bonds is 2. The molecule has 0 saturated heterocycles. The maximum atomic E-state index is 4.83. The van der Waals surface area contributed by atoms with Gasteiger partial charge in [0.25, 0.3) is 0 Å². The topological polar surface area (TPSA) is 9.23 Å². The van der Waals surface area contributed by atoms with Crippen LogP contribution in [0.1, 0.15) is 13.8 Å². The van der Waals surface area contributed by atoms with Crippen LogP contribution in [0.3, 0.4) is 0 Å². The Bertz CT molecular complexity index is 15.0. The summed E-state index contributed by atoms with van der Waals surface area (Å²) in [6, 6.07) is 0. The Balaban J connectivity index is 0. The van der Waals surface area contributed by atoms with Crippen molar-refractivity contribution in [3.05, 3.63) is 0 Å². The average Bonchev–Trinajstić information content (AvgIpc) is 1.41. The second-order valence-corrected chi connectivity index (χ2v) is 0.781. The van der Waals surface area contributed by atoms with Crippen LogP contribution in [0.2, 0.25) is 0 Å². The Morgan fingerprint density at radius 2 is 1.50 bits per heavy atom. The van der Waals surface area contributed by atoms with Gasteiger partial charge in [-0.2, -0.15) is 0 Å². The van der Waals surface area contributed by atoms with E-state index in [4.69, 9.17) is 4.74 Å². The summed E-state index contributed by atoms with van der Waals surface area (Å²) in [5.74, 6) is 0. The van der Waals surface area contributed by atoms with Crippen molar-refractivity contribution in [2.75, 3.05) is 13.2 Å². The van der Waals surface area contributed by atoms with Gasteiger partial charge < -0.3 is 4.74 Å². The Hall–Kier alpha value is 0.648. The molecule has 0 saturated carbocycles. The second kappa shape index (κ2) is 9.17. The summed E-state index contributed by atoms with van der Waals surface area (Å²) in [5, 5.41) is 0. The molecule has 1 nitrogen and oxygen atoms in total. The fourth-order valence-electron chi connectivity index (χ4n) is 0.204. The summed E-state index contributed by atoms with van der Waals surface area (Å²) in [6.07, 6.45) is 0. The summed E-state index contributed by atoms with van der Waals surface area (Å²) in [6.45, 7) is 5.67. The first-order valence-corrected chi connectivity index (χ1v) is 1.99. The maximum Gasteiger partial charge on any atom is 4.00 e. The summed E-state index contributed by atoms with van der Waals surface area (Å²) in [7, 11) is 0. The molecule has 0 aromatic carbocycles. The minimum atomic E-state index is 0. The summed E-state index contributed by atoms with van der Waals surface area (Å²) in [5.41, 5.74) is 0. The van der Waals surface area contributed by atoms with Crippen LogP contribution in [0.15, 0.2) is 0 Å². The van der Waals surface area contributed by atoms with E-state index < -0.39 is 0 Å². The van der Waals surface area contributed by atoms with E-state index in [1.807, 2.05) is 13.8 Å². The van der Waals surface area contributed by atoms with E-state index in [1.54, 1.807) is 0 Å². The molecule has 0 aliphatic heterocycles. The molecule has 0 spiro atoms. The van der Waals surface area contributed by atoms with Crippen LogP contribution in [-0.4, -0.2) is 13.2 Å². The summed E-state index contributed by atoms with van der Waals surface area (Å²) < 4.78 is 4.83. The van der Waals surface area contributed by atoms with E-state index in [2.05, 4.69) is 0 Å². The molecule has 0 unspecified atom stereocenters. The third-order valence-corrected chi connectivity index (χ3v) is 0.408. The van der Waals surface area contributed by atoms with Gasteiger partial charge in [-0.3, -0.25) is 0 Å². The number of ether oxygens (including phenoxy) is 1. The zero-order chi connectivity index (χ0) is 4.12. The summed E-state index contributed by atoms with van der Waals surface area (Å²) in [4.78, 5) is 0. The minimum Gasteiger partial charge on any atom is -0.382 e. The van der Waals surface area contributed by atoms with Crippen molar-refractivity contribution in [2.45, 2.75) is 13.8 Å². The van der Waals surface area contributed by atoms with Crippen LogP contribution < -0.4 is 0 Å². The van der Waals surface area contributed by atoms with Crippen molar-refractivity contribution >= 4 is 0 Å². The van der Waals surface area contributed by atoms with E-state index in [-0.39, 0.29) is 21.1 Å². The van der Waals surface area contributed by atoms with E-state index in [9.17, 15) is 0 Å². The fraction of sp³-hybridized carbons (Fsp3) is 1.00. The molecule has 2 heteroatoms. The number of hydrogen-bond acceptors (Lipinski definition) is 1. The molecule has 6 heavy (non-hydrogen) atoms. The average molecular weight is 170 g/mol. The van der Waals surface area contributed by atoms with Crippen LogP contribution in [0.4, 0.5) is 0 Å². The van der Waals surface area contributed by atoms with Crippen molar-refractivity contribution in [1.82, 2.24) is 0 Å². The van der Waals surface area contributed by atoms with Crippen molar-refractivity contribution in [2.24, 2.45) is 0 Å². The Morgan fingerprint density at radius 3 is 1.50 bits per heavy atom. The monoisotopic (exact) mass is 172 g/mol. The van der Waals surface area contributed by atoms with E-state index in [0.717, 1.165) is 13.2 Å². The van der Waals surface area contributed by atoms with E-state index >= 15 is 0 Å². The molecule has 0 aromatic heterocycles. The van der Waals surface area contributed by atoms with Crippen LogP contribution in [-0.2, 0) is 25.8 Å². The SMILES string of the molecule is CCOCC.[Mo+4]. The van der Waals surface area contributed by atoms with Crippen LogP contribution >= 0.6 is 0 Å². The van der Waals surface area contributed by atoms with E-state index in [0.29, 0.717) is 0 Å². The normalized spacial score (nSPS) is 7.00. The Labute approximate surface area is 53.3 Å². The maximum absolute atomic E-state index is 4.83. The van der Waals surface area contributed by atoms with Crippen molar-refractivity contribution in [3.63, 3.8) is 0 Å². The molecule has 0 atom stereocenters. The third kappa shape index (κ3) is 8.82. The smallest absolute Gasteiger partial charge is 0.382 e. The van der Waals surface area contributed by atoms with Crippen LogP contribution in [0, 0.1) is 0 Å². The van der Waals surface area contributed by atoms with Crippen LogP contribution in [0.25, 0.3) is 0 Å². The van der Waals surface area contributed by atoms with E-state index in [1.165, 1.54) is 0 Å². The first kappa shape index (κ1) is 9.82. The van der Waals surface area contributed by atoms with Crippen LogP contribution in [0.5, 0.6) is 0 Å². The molecule has 0 fully saturated rings. The Kier molecular flexibility index (Phi) is 15.0. The largest absolute Gasteiger partial charge is 4.00 e. The molecular formula is C4H10MoO+4. The summed E-state index contributed by atoms with van der Waals surface area (Å²) >= 11 is 0.